The SMILES string of the molecule is FC(F)(F)c1cnc2c(c1)Sc1ccccc1C1=NCCN12. The average Bonchev–Trinajstić information content (AvgIpc) is 2.91. The number of pyridine rings is 1. The Kier molecular flexibility index (Phi) is 2.94. The molecular weight excluding hydrogens is 311 g/mol. The van der Waals surface area contributed by atoms with Crippen molar-refractivity contribution in [3.8, 4) is 0 Å². The molecule has 1 aromatic heterocycles. The zero-order chi connectivity index (χ0) is 15.3. The van der Waals surface area contributed by atoms with Crippen molar-refractivity contribution in [1.82, 2.24) is 4.98 Å². The molecule has 2 aliphatic rings. The Hall–Kier alpha value is -2.02. The first kappa shape index (κ1) is 13.6. The van der Waals surface area contributed by atoms with Gasteiger partial charge in [0.25, 0.3) is 0 Å². The summed E-state index contributed by atoms with van der Waals surface area (Å²) in [6.07, 6.45) is -3.50. The van der Waals surface area contributed by atoms with E-state index in [2.05, 4.69) is 9.98 Å². The van der Waals surface area contributed by atoms with Gasteiger partial charge < -0.3 is 4.90 Å². The first-order valence-electron chi connectivity index (χ1n) is 6.70. The summed E-state index contributed by atoms with van der Waals surface area (Å²) >= 11 is 1.31. The van der Waals surface area contributed by atoms with Crippen molar-refractivity contribution >= 4 is 23.4 Å². The second-order valence-corrected chi connectivity index (χ2v) is 6.08. The molecule has 0 fully saturated rings. The summed E-state index contributed by atoms with van der Waals surface area (Å²) in [4.78, 5) is 11.9. The molecule has 0 N–H and O–H groups in total. The zero-order valence-electron chi connectivity index (χ0n) is 11.3. The lowest BCUT2D eigenvalue weighted by Gasteiger charge is -2.19. The zero-order valence-corrected chi connectivity index (χ0v) is 12.1. The molecule has 0 amide bonds. The van der Waals surface area contributed by atoms with Gasteiger partial charge in [0, 0.05) is 23.2 Å². The van der Waals surface area contributed by atoms with Crippen molar-refractivity contribution in [2.75, 3.05) is 18.0 Å². The van der Waals surface area contributed by atoms with E-state index in [0.29, 0.717) is 23.8 Å². The molecule has 1 aromatic carbocycles. The van der Waals surface area contributed by atoms with Crippen molar-refractivity contribution in [3.63, 3.8) is 0 Å². The lowest BCUT2D eigenvalue weighted by Crippen LogP contribution is -2.29. The molecule has 0 spiro atoms. The molecule has 2 aliphatic heterocycles. The Bertz CT molecular complexity index is 786. The van der Waals surface area contributed by atoms with E-state index in [1.807, 2.05) is 29.2 Å². The summed E-state index contributed by atoms with van der Waals surface area (Å²) in [5.74, 6) is 1.33. The van der Waals surface area contributed by atoms with E-state index in [1.165, 1.54) is 17.8 Å². The summed E-state index contributed by atoms with van der Waals surface area (Å²) < 4.78 is 38.8. The van der Waals surface area contributed by atoms with E-state index in [-0.39, 0.29) is 0 Å². The molecule has 0 saturated carbocycles. The van der Waals surface area contributed by atoms with Crippen LogP contribution in [-0.2, 0) is 6.18 Å². The maximum Gasteiger partial charge on any atom is 0.417 e. The first-order valence-corrected chi connectivity index (χ1v) is 7.52. The monoisotopic (exact) mass is 321 g/mol. The summed E-state index contributed by atoms with van der Waals surface area (Å²) in [5, 5.41) is 0. The smallest absolute Gasteiger partial charge is 0.308 e. The van der Waals surface area contributed by atoms with E-state index in [4.69, 9.17) is 0 Å². The summed E-state index contributed by atoms with van der Waals surface area (Å²) in [6.45, 7) is 1.26. The van der Waals surface area contributed by atoms with Gasteiger partial charge in [-0.3, -0.25) is 4.99 Å². The highest BCUT2D eigenvalue weighted by molar-refractivity contribution is 7.99. The predicted molar refractivity (Wildman–Crippen MR) is 78.6 cm³/mol. The fraction of sp³-hybridized carbons (Fsp3) is 0.200. The predicted octanol–water partition coefficient (Wildman–Crippen LogP) is 3.83. The van der Waals surface area contributed by atoms with Crippen molar-refractivity contribution in [2.45, 2.75) is 16.0 Å². The third-order valence-corrected chi connectivity index (χ3v) is 4.70. The Balaban J connectivity index is 1.92. The quantitative estimate of drug-likeness (QED) is 0.738. The maximum absolute atomic E-state index is 12.9. The average molecular weight is 321 g/mol. The second-order valence-electron chi connectivity index (χ2n) is 5.00. The van der Waals surface area contributed by atoms with Crippen LogP contribution in [0.1, 0.15) is 11.1 Å². The highest BCUT2D eigenvalue weighted by Crippen LogP contribution is 2.43. The van der Waals surface area contributed by atoms with Gasteiger partial charge in [-0.1, -0.05) is 30.0 Å². The number of aliphatic imine (C=N–C) groups is 1. The number of amidine groups is 1. The van der Waals surface area contributed by atoms with Gasteiger partial charge in [0.15, 0.2) is 0 Å². The third kappa shape index (κ3) is 2.08. The fourth-order valence-corrected chi connectivity index (χ4v) is 3.71. The highest BCUT2D eigenvalue weighted by Gasteiger charge is 2.35. The largest absolute Gasteiger partial charge is 0.417 e. The number of hydrogen-bond donors (Lipinski definition) is 0. The minimum absolute atomic E-state index is 0.509. The number of anilines is 1. The van der Waals surface area contributed by atoms with Gasteiger partial charge in [-0.2, -0.15) is 13.2 Å². The van der Waals surface area contributed by atoms with Crippen LogP contribution in [0.15, 0.2) is 51.3 Å². The lowest BCUT2D eigenvalue weighted by atomic mass is 10.2. The van der Waals surface area contributed by atoms with E-state index in [0.717, 1.165) is 22.5 Å². The van der Waals surface area contributed by atoms with Crippen molar-refractivity contribution < 1.29 is 13.2 Å². The van der Waals surface area contributed by atoms with E-state index >= 15 is 0 Å². The van der Waals surface area contributed by atoms with Crippen LogP contribution in [-0.4, -0.2) is 23.9 Å². The molecule has 2 aromatic rings. The van der Waals surface area contributed by atoms with Gasteiger partial charge in [0.1, 0.15) is 11.7 Å². The minimum Gasteiger partial charge on any atom is -0.308 e. The van der Waals surface area contributed by atoms with Gasteiger partial charge in [0.2, 0.25) is 0 Å². The van der Waals surface area contributed by atoms with E-state index in [1.54, 1.807) is 0 Å². The normalized spacial score (nSPS) is 16.5. The molecule has 112 valence electrons. The van der Waals surface area contributed by atoms with Crippen LogP contribution in [0.4, 0.5) is 19.0 Å². The van der Waals surface area contributed by atoms with Crippen LogP contribution in [0, 0.1) is 0 Å². The van der Waals surface area contributed by atoms with Crippen LogP contribution >= 0.6 is 11.8 Å². The summed E-state index contributed by atoms with van der Waals surface area (Å²) in [6, 6.07) is 8.79. The van der Waals surface area contributed by atoms with Crippen LogP contribution in [0.3, 0.4) is 0 Å². The molecule has 0 radical (unpaired) electrons. The maximum atomic E-state index is 12.9. The van der Waals surface area contributed by atoms with Crippen LogP contribution in [0.2, 0.25) is 0 Å². The number of halogens is 3. The number of benzene rings is 1. The van der Waals surface area contributed by atoms with Gasteiger partial charge in [-0.25, -0.2) is 4.98 Å². The fourth-order valence-electron chi connectivity index (χ4n) is 2.61. The van der Waals surface area contributed by atoms with Crippen LogP contribution in [0.25, 0.3) is 0 Å². The van der Waals surface area contributed by atoms with Crippen molar-refractivity contribution in [3.05, 3.63) is 47.7 Å². The number of aromatic nitrogens is 1. The standard InChI is InChI=1S/C15H10F3N3S/c16-15(17,18)9-7-12-14(20-8-9)21-6-5-19-13(21)10-3-1-2-4-11(10)22-12/h1-4,7-8H,5-6H2. The topological polar surface area (TPSA) is 28.5 Å². The highest BCUT2D eigenvalue weighted by atomic mass is 32.2. The minimum atomic E-state index is -4.39. The number of alkyl halides is 3. The molecule has 0 unspecified atom stereocenters. The molecule has 3 heterocycles. The Morgan fingerprint density at radius 1 is 1.14 bits per heavy atom. The Morgan fingerprint density at radius 2 is 1.95 bits per heavy atom. The lowest BCUT2D eigenvalue weighted by molar-refractivity contribution is -0.138. The van der Waals surface area contributed by atoms with E-state index < -0.39 is 11.7 Å². The third-order valence-electron chi connectivity index (χ3n) is 3.60. The van der Waals surface area contributed by atoms with Crippen LogP contribution in [0.5, 0.6) is 0 Å². The molecule has 0 atom stereocenters. The molecular formula is C15H10F3N3S. The molecule has 7 heteroatoms. The van der Waals surface area contributed by atoms with E-state index in [9.17, 15) is 13.2 Å². The Labute approximate surface area is 128 Å². The van der Waals surface area contributed by atoms with Gasteiger partial charge in [-0.15, -0.1) is 0 Å². The molecule has 0 bridgehead atoms. The molecule has 0 aliphatic carbocycles. The van der Waals surface area contributed by atoms with Crippen molar-refractivity contribution in [1.29, 1.82) is 0 Å². The molecule has 0 saturated heterocycles. The molecule has 3 nitrogen and oxygen atoms in total. The number of fused-ring (bicyclic) bond motifs is 5. The molecule has 22 heavy (non-hydrogen) atoms. The number of nitrogens with zero attached hydrogens (tertiary/aromatic N) is 3. The van der Waals surface area contributed by atoms with Gasteiger partial charge >= 0.3 is 6.18 Å². The number of rotatable bonds is 0. The summed E-state index contributed by atoms with van der Waals surface area (Å²) in [5.41, 5.74) is 0.215. The Morgan fingerprint density at radius 3 is 2.77 bits per heavy atom. The molecule has 4 rings (SSSR count). The van der Waals surface area contributed by atoms with Crippen molar-refractivity contribution in [2.24, 2.45) is 4.99 Å². The number of hydrogen-bond acceptors (Lipinski definition) is 4. The first-order chi connectivity index (χ1) is 10.5. The van der Waals surface area contributed by atoms with Crippen LogP contribution < -0.4 is 4.90 Å². The second kappa shape index (κ2) is 4.74. The van der Waals surface area contributed by atoms with Gasteiger partial charge in [-0.05, 0) is 12.1 Å². The summed E-state index contributed by atoms with van der Waals surface area (Å²) in [7, 11) is 0. The van der Waals surface area contributed by atoms with Gasteiger partial charge in [0.05, 0.1) is 17.0 Å².